The molecule has 0 aliphatic heterocycles. The van der Waals surface area contributed by atoms with Gasteiger partial charge in [0.25, 0.3) is 15.7 Å². The first-order valence-corrected chi connectivity index (χ1v) is 5.52. The van der Waals surface area contributed by atoms with Crippen molar-refractivity contribution < 1.29 is 13.0 Å². The maximum Gasteiger partial charge on any atom is 0.295 e. The average molecular weight is 225 g/mol. The van der Waals surface area contributed by atoms with Crippen LogP contribution in [0.1, 0.15) is 0 Å². The zero-order valence-corrected chi connectivity index (χ0v) is 8.28. The predicted octanol–water partition coefficient (Wildman–Crippen LogP) is 0.775. The van der Waals surface area contributed by atoms with Crippen LogP contribution in [0.15, 0.2) is 40.2 Å². The van der Waals surface area contributed by atoms with Crippen LogP contribution in [0.25, 0.3) is 10.8 Å². The number of hydrogen-bond acceptors (Lipinski definition) is 3. The molecule has 0 aliphatic carbocycles. The molecule has 0 saturated carbocycles. The van der Waals surface area contributed by atoms with Crippen LogP contribution in [0.3, 0.4) is 0 Å². The SMILES string of the molecule is O=c1[nH]ccc2c(S(=O)(=O)O)cccc12. The number of aromatic amines is 1. The molecule has 0 unspecified atom stereocenters. The van der Waals surface area contributed by atoms with Crippen LogP contribution < -0.4 is 5.56 Å². The molecule has 15 heavy (non-hydrogen) atoms. The van der Waals surface area contributed by atoms with Crippen molar-refractivity contribution in [3.63, 3.8) is 0 Å². The standard InChI is InChI=1S/C9H7NO4S/c11-9-7-2-1-3-8(15(12,13)14)6(7)4-5-10-9/h1-5H,(H,10,11)(H,12,13,14). The van der Waals surface area contributed by atoms with Crippen LogP contribution in [0.4, 0.5) is 0 Å². The fourth-order valence-corrected chi connectivity index (χ4v) is 2.12. The molecule has 78 valence electrons. The first-order chi connectivity index (χ1) is 7.00. The van der Waals surface area contributed by atoms with Crippen molar-refractivity contribution in [2.24, 2.45) is 0 Å². The van der Waals surface area contributed by atoms with Gasteiger partial charge in [0.2, 0.25) is 0 Å². The molecule has 0 saturated heterocycles. The monoisotopic (exact) mass is 225 g/mol. The van der Waals surface area contributed by atoms with E-state index in [0.29, 0.717) is 0 Å². The van der Waals surface area contributed by atoms with E-state index in [1.54, 1.807) is 0 Å². The van der Waals surface area contributed by atoms with Gasteiger partial charge in [-0.2, -0.15) is 8.42 Å². The normalized spacial score (nSPS) is 11.8. The van der Waals surface area contributed by atoms with Crippen molar-refractivity contribution >= 4 is 20.9 Å². The Balaban J connectivity index is 3.02. The maximum absolute atomic E-state index is 11.3. The molecule has 1 heterocycles. The summed E-state index contributed by atoms with van der Waals surface area (Å²) in [5.74, 6) is 0. The molecular formula is C9H7NO4S. The van der Waals surface area contributed by atoms with Gasteiger partial charge in [0.05, 0.1) is 0 Å². The lowest BCUT2D eigenvalue weighted by molar-refractivity contribution is 0.484. The number of aromatic nitrogens is 1. The van der Waals surface area contributed by atoms with Crippen molar-refractivity contribution in [3.8, 4) is 0 Å². The summed E-state index contributed by atoms with van der Waals surface area (Å²) < 4.78 is 30.9. The highest BCUT2D eigenvalue weighted by Crippen LogP contribution is 2.19. The summed E-state index contributed by atoms with van der Waals surface area (Å²) in [6, 6.07) is 5.57. The third kappa shape index (κ3) is 1.64. The Morgan fingerprint density at radius 1 is 1.13 bits per heavy atom. The van der Waals surface area contributed by atoms with Crippen molar-refractivity contribution in [3.05, 3.63) is 40.8 Å². The number of hydrogen-bond donors (Lipinski definition) is 2. The van der Waals surface area contributed by atoms with E-state index in [1.165, 1.54) is 30.5 Å². The molecule has 0 fully saturated rings. The largest absolute Gasteiger partial charge is 0.329 e. The van der Waals surface area contributed by atoms with E-state index in [9.17, 15) is 13.2 Å². The molecule has 1 aromatic heterocycles. The summed E-state index contributed by atoms with van der Waals surface area (Å²) >= 11 is 0. The van der Waals surface area contributed by atoms with E-state index in [1.807, 2.05) is 0 Å². The molecule has 0 amide bonds. The van der Waals surface area contributed by atoms with E-state index < -0.39 is 15.7 Å². The summed E-state index contributed by atoms with van der Waals surface area (Å²) in [5, 5.41) is 0.441. The zero-order chi connectivity index (χ0) is 11.1. The fraction of sp³-hybridized carbons (Fsp3) is 0. The Labute approximate surface area is 85.1 Å². The summed E-state index contributed by atoms with van der Waals surface area (Å²) in [6.07, 6.45) is 1.33. The zero-order valence-electron chi connectivity index (χ0n) is 7.47. The molecule has 0 radical (unpaired) electrons. The molecule has 2 N–H and O–H groups in total. The number of H-pyrrole nitrogens is 1. The minimum Gasteiger partial charge on any atom is -0.329 e. The van der Waals surface area contributed by atoms with Crippen LogP contribution in [0.5, 0.6) is 0 Å². The second-order valence-corrected chi connectivity index (χ2v) is 4.39. The molecule has 0 bridgehead atoms. The second-order valence-electron chi connectivity index (χ2n) is 3.00. The van der Waals surface area contributed by atoms with Gasteiger partial charge in [0, 0.05) is 17.0 Å². The Hall–Kier alpha value is -1.66. The first-order valence-electron chi connectivity index (χ1n) is 4.08. The molecular weight excluding hydrogens is 218 g/mol. The number of rotatable bonds is 1. The van der Waals surface area contributed by atoms with E-state index in [2.05, 4.69) is 4.98 Å². The molecule has 0 aliphatic rings. The molecule has 0 spiro atoms. The summed E-state index contributed by atoms with van der Waals surface area (Å²) in [6.45, 7) is 0. The maximum atomic E-state index is 11.3. The Bertz CT molecular complexity index is 672. The molecule has 0 atom stereocenters. The molecule has 5 nitrogen and oxygen atoms in total. The predicted molar refractivity (Wildman–Crippen MR) is 54.4 cm³/mol. The van der Waals surface area contributed by atoms with Gasteiger partial charge in [-0.1, -0.05) is 6.07 Å². The highest BCUT2D eigenvalue weighted by molar-refractivity contribution is 7.86. The van der Waals surface area contributed by atoms with Gasteiger partial charge in [0.1, 0.15) is 4.90 Å². The lowest BCUT2D eigenvalue weighted by atomic mass is 10.2. The fourth-order valence-electron chi connectivity index (χ4n) is 1.42. The highest BCUT2D eigenvalue weighted by Gasteiger charge is 2.13. The quantitative estimate of drug-likeness (QED) is 0.702. The highest BCUT2D eigenvalue weighted by atomic mass is 32.2. The summed E-state index contributed by atoms with van der Waals surface area (Å²) in [7, 11) is -4.30. The Morgan fingerprint density at radius 2 is 1.87 bits per heavy atom. The number of benzene rings is 1. The van der Waals surface area contributed by atoms with Crippen LogP contribution in [-0.2, 0) is 10.1 Å². The van der Waals surface area contributed by atoms with Crippen molar-refractivity contribution in [2.75, 3.05) is 0 Å². The van der Waals surface area contributed by atoms with E-state index in [-0.39, 0.29) is 15.7 Å². The minimum atomic E-state index is -4.30. The van der Waals surface area contributed by atoms with Gasteiger partial charge in [-0.3, -0.25) is 9.35 Å². The van der Waals surface area contributed by atoms with Crippen molar-refractivity contribution in [1.29, 1.82) is 0 Å². The first kappa shape index (κ1) is 9.88. The van der Waals surface area contributed by atoms with Gasteiger partial charge in [-0.25, -0.2) is 0 Å². The van der Waals surface area contributed by atoms with Crippen LogP contribution in [-0.4, -0.2) is 18.0 Å². The van der Waals surface area contributed by atoms with Crippen LogP contribution in [0.2, 0.25) is 0 Å². The molecule has 1 aromatic carbocycles. The number of fused-ring (bicyclic) bond motifs is 1. The lowest BCUT2D eigenvalue weighted by Crippen LogP contribution is -2.07. The Morgan fingerprint density at radius 3 is 2.53 bits per heavy atom. The third-order valence-corrected chi connectivity index (χ3v) is 2.96. The van der Waals surface area contributed by atoms with Crippen LogP contribution in [0, 0.1) is 0 Å². The number of pyridine rings is 1. The van der Waals surface area contributed by atoms with Gasteiger partial charge in [-0.15, -0.1) is 0 Å². The topological polar surface area (TPSA) is 87.2 Å². The van der Waals surface area contributed by atoms with Gasteiger partial charge in [0.15, 0.2) is 0 Å². The summed E-state index contributed by atoms with van der Waals surface area (Å²) in [4.78, 5) is 13.5. The van der Waals surface area contributed by atoms with Crippen molar-refractivity contribution in [2.45, 2.75) is 4.90 Å². The van der Waals surface area contributed by atoms with Crippen LogP contribution >= 0.6 is 0 Å². The summed E-state index contributed by atoms with van der Waals surface area (Å²) in [5.41, 5.74) is -0.391. The van der Waals surface area contributed by atoms with E-state index in [0.717, 1.165) is 0 Å². The second kappa shape index (κ2) is 3.18. The van der Waals surface area contributed by atoms with E-state index >= 15 is 0 Å². The molecule has 2 aromatic rings. The lowest BCUT2D eigenvalue weighted by Gasteiger charge is -2.01. The Kier molecular flexibility index (Phi) is 2.09. The minimum absolute atomic E-state index is 0.212. The van der Waals surface area contributed by atoms with Gasteiger partial charge < -0.3 is 4.98 Å². The van der Waals surface area contributed by atoms with Gasteiger partial charge in [-0.05, 0) is 18.2 Å². The third-order valence-electron chi connectivity index (χ3n) is 2.05. The smallest absolute Gasteiger partial charge is 0.295 e. The van der Waals surface area contributed by atoms with Crippen molar-refractivity contribution in [1.82, 2.24) is 4.98 Å². The molecule has 6 heteroatoms. The van der Waals surface area contributed by atoms with Gasteiger partial charge >= 0.3 is 0 Å². The average Bonchev–Trinajstić information content (AvgIpc) is 2.16. The number of nitrogens with one attached hydrogen (secondary N) is 1. The molecule has 2 rings (SSSR count). The van der Waals surface area contributed by atoms with E-state index in [4.69, 9.17) is 4.55 Å².